The lowest BCUT2D eigenvalue weighted by atomic mass is 9.85. The van der Waals surface area contributed by atoms with Gasteiger partial charge in [0.1, 0.15) is 5.00 Å². The Morgan fingerprint density at radius 3 is 2.86 bits per heavy atom. The molecule has 0 spiro atoms. The second-order valence-electron chi connectivity index (χ2n) is 7.08. The van der Waals surface area contributed by atoms with Gasteiger partial charge in [0, 0.05) is 29.3 Å². The lowest BCUT2D eigenvalue weighted by Gasteiger charge is -2.20. The minimum atomic E-state index is -0.350. The number of nitrogens with one attached hydrogen (secondary N) is 1. The monoisotopic (exact) mass is 401 g/mol. The number of aryl methyl sites for hydroxylation is 1. The molecule has 7 heteroatoms. The van der Waals surface area contributed by atoms with Crippen molar-refractivity contribution in [2.24, 2.45) is 13.0 Å². The molecule has 0 aromatic carbocycles. The maximum Gasteiger partial charge on any atom is 0.341 e. The number of amides is 1. The topological polar surface area (TPSA) is 73.2 Å². The highest BCUT2D eigenvalue weighted by atomic mass is 32.1. The number of nitrogens with zero attached hydrogens (tertiary/aromatic N) is 2. The number of aromatic nitrogens is 2. The molecule has 1 unspecified atom stereocenters. The summed E-state index contributed by atoms with van der Waals surface area (Å²) in [6, 6.07) is 0. The average molecular weight is 402 g/mol. The molecule has 1 aliphatic carbocycles. The summed E-state index contributed by atoms with van der Waals surface area (Å²) in [6.45, 7) is 6.25. The van der Waals surface area contributed by atoms with Crippen molar-refractivity contribution in [3.8, 4) is 0 Å². The highest BCUT2D eigenvalue weighted by Crippen LogP contribution is 2.40. The summed E-state index contributed by atoms with van der Waals surface area (Å²) < 4.78 is 7.02. The van der Waals surface area contributed by atoms with E-state index in [4.69, 9.17) is 4.74 Å². The summed E-state index contributed by atoms with van der Waals surface area (Å²) in [6.07, 6.45) is 8.95. The molecule has 0 saturated heterocycles. The molecule has 2 heterocycles. The van der Waals surface area contributed by atoms with Crippen LogP contribution in [0.2, 0.25) is 0 Å². The molecule has 28 heavy (non-hydrogen) atoms. The van der Waals surface area contributed by atoms with Gasteiger partial charge >= 0.3 is 5.97 Å². The van der Waals surface area contributed by atoms with Gasteiger partial charge in [0.25, 0.3) is 0 Å². The Hall–Kier alpha value is -2.41. The van der Waals surface area contributed by atoms with Crippen LogP contribution in [0.3, 0.4) is 0 Å². The average Bonchev–Trinajstić information content (AvgIpc) is 3.19. The van der Waals surface area contributed by atoms with Gasteiger partial charge in [0.15, 0.2) is 0 Å². The van der Waals surface area contributed by atoms with E-state index in [0.29, 0.717) is 23.1 Å². The lowest BCUT2D eigenvalue weighted by molar-refractivity contribution is -0.111. The van der Waals surface area contributed by atoms with Crippen LogP contribution >= 0.6 is 11.3 Å². The maximum atomic E-state index is 12.6. The Balaban J connectivity index is 1.84. The molecule has 0 bridgehead atoms. The van der Waals surface area contributed by atoms with E-state index in [1.807, 2.05) is 14.0 Å². The largest absolute Gasteiger partial charge is 0.462 e. The number of hydrogen-bond donors (Lipinski definition) is 1. The molecule has 1 amide bonds. The highest BCUT2D eigenvalue weighted by molar-refractivity contribution is 7.17. The van der Waals surface area contributed by atoms with Crippen LogP contribution < -0.4 is 5.32 Å². The van der Waals surface area contributed by atoms with Crippen LogP contribution in [0.15, 0.2) is 12.3 Å². The number of thiophene rings is 1. The summed E-state index contributed by atoms with van der Waals surface area (Å²) in [5.74, 6) is 0.0231. The SMILES string of the molecule is CCOC(=O)c1c(NC(=O)C=Cc2cnn(C)c2C)sc2c1CCC(CC)C2. The molecule has 2 aromatic rings. The first-order chi connectivity index (χ1) is 13.4. The van der Waals surface area contributed by atoms with E-state index >= 15 is 0 Å². The Labute approximate surface area is 169 Å². The highest BCUT2D eigenvalue weighted by Gasteiger charge is 2.29. The molecular formula is C21H27N3O3S. The zero-order valence-corrected chi connectivity index (χ0v) is 17.7. The molecule has 2 aromatic heterocycles. The molecular weight excluding hydrogens is 374 g/mol. The van der Waals surface area contributed by atoms with Crippen molar-refractivity contribution in [2.75, 3.05) is 11.9 Å². The van der Waals surface area contributed by atoms with Crippen LogP contribution in [0.4, 0.5) is 5.00 Å². The first kappa shape index (κ1) is 20.3. The molecule has 6 nitrogen and oxygen atoms in total. The second kappa shape index (κ2) is 8.73. The summed E-state index contributed by atoms with van der Waals surface area (Å²) in [5, 5.41) is 7.67. The van der Waals surface area contributed by atoms with Crippen LogP contribution in [0.1, 0.15) is 58.7 Å². The quantitative estimate of drug-likeness (QED) is 0.583. The van der Waals surface area contributed by atoms with E-state index < -0.39 is 0 Å². The molecule has 0 fully saturated rings. The molecule has 3 rings (SSSR count). The summed E-state index contributed by atoms with van der Waals surface area (Å²) in [4.78, 5) is 26.3. The predicted molar refractivity (Wildman–Crippen MR) is 112 cm³/mol. The van der Waals surface area contributed by atoms with Crippen LogP contribution in [-0.4, -0.2) is 28.3 Å². The third kappa shape index (κ3) is 4.19. The second-order valence-corrected chi connectivity index (χ2v) is 8.18. The summed E-state index contributed by atoms with van der Waals surface area (Å²) in [5.41, 5.74) is 3.46. The van der Waals surface area contributed by atoms with Gasteiger partial charge in [0.05, 0.1) is 18.4 Å². The fourth-order valence-corrected chi connectivity index (χ4v) is 4.86. The molecule has 0 radical (unpaired) electrons. The smallest absolute Gasteiger partial charge is 0.341 e. The maximum absolute atomic E-state index is 12.6. The molecule has 0 aliphatic heterocycles. The van der Waals surface area contributed by atoms with E-state index in [9.17, 15) is 9.59 Å². The number of carbonyl (C=O) groups is 2. The van der Waals surface area contributed by atoms with Gasteiger partial charge in [-0.15, -0.1) is 11.3 Å². The van der Waals surface area contributed by atoms with E-state index in [1.165, 1.54) is 22.3 Å². The Morgan fingerprint density at radius 1 is 1.43 bits per heavy atom. The minimum absolute atomic E-state index is 0.264. The number of rotatable bonds is 6. The molecule has 150 valence electrons. The van der Waals surface area contributed by atoms with Crippen molar-refractivity contribution in [1.29, 1.82) is 0 Å². The van der Waals surface area contributed by atoms with Crippen molar-refractivity contribution >= 4 is 34.3 Å². The fraction of sp³-hybridized carbons (Fsp3) is 0.476. The van der Waals surface area contributed by atoms with Gasteiger partial charge in [-0.3, -0.25) is 9.48 Å². The van der Waals surface area contributed by atoms with Gasteiger partial charge < -0.3 is 10.1 Å². The van der Waals surface area contributed by atoms with Crippen molar-refractivity contribution in [2.45, 2.75) is 46.5 Å². The number of carbonyl (C=O) groups excluding carboxylic acids is 2. The van der Waals surface area contributed by atoms with Crippen LogP contribution in [0, 0.1) is 12.8 Å². The van der Waals surface area contributed by atoms with E-state index in [-0.39, 0.29) is 11.9 Å². The summed E-state index contributed by atoms with van der Waals surface area (Å²) >= 11 is 1.51. The number of ether oxygens (including phenoxy) is 1. The molecule has 1 aliphatic rings. The number of anilines is 1. The van der Waals surface area contributed by atoms with Crippen molar-refractivity contribution in [3.05, 3.63) is 39.5 Å². The van der Waals surface area contributed by atoms with Crippen molar-refractivity contribution < 1.29 is 14.3 Å². The van der Waals surface area contributed by atoms with Crippen molar-refractivity contribution in [1.82, 2.24) is 9.78 Å². The molecule has 1 N–H and O–H groups in total. The first-order valence-corrected chi connectivity index (χ1v) is 10.6. The zero-order valence-electron chi connectivity index (χ0n) is 16.9. The standard InChI is InChI=1S/C21H27N3O3S/c1-5-14-7-9-16-17(11-14)28-20(19(16)21(26)27-6-2)23-18(25)10-8-15-12-22-24(4)13(15)3/h8,10,12,14H,5-7,9,11H2,1-4H3,(H,23,25). The third-order valence-electron chi connectivity index (χ3n) is 5.35. The van der Waals surface area contributed by atoms with Gasteiger partial charge in [-0.1, -0.05) is 13.3 Å². The number of fused-ring (bicyclic) bond motifs is 1. The first-order valence-electron chi connectivity index (χ1n) is 9.73. The predicted octanol–water partition coefficient (Wildman–Crippen LogP) is 4.13. The van der Waals surface area contributed by atoms with E-state index in [2.05, 4.69) is 17.3 Å². The van der Waals surface area contributed by atoms with Gasteiger partial charge in [0.2, 0.25) is 5.91 Å². The zero-order chi connectivity index (χ0) is 20.3. The Kier molecular flexibility index (Phi) is 6.34. The Morgan fingerprint density at radius 2 is 2.21 bits per heavy atom. The van der Waals surface area contributed by atoms with Crippen molar-refractivity contribution in [3.63, 3.8) is 0 Å². The third-order valence-corrected chi connectivity index (χ3v) is 6.52. The van der Waals surface area contributed by atoms with E-state index in [0.717, 1.165) is 42.5 Å². The van der Waals surface area contributed by atoms with E-state index in [1.54, 1.807) is 23.9 Å². The van der Waals surface area contributed by atoms with Crippen LogP contribution in [0.5, 0.6) is 0 Å². The number of esters is 1. The summed E-state index contributed by atoms with van der Waals surface area (Å²) in [7, 11) is 1.86. The molecule has 1 atom stereocenters. The molecule has 0 saturated carbocycles. The Bertz CT molecular complexity index is 910. The lowest BCUT2D eigenvalue weighted by Crippen LogP contribution is -2.16. The van der Waals surface area contributed by atoms with Gasteiger partial charge in [-0.05, 0) is 50.7 Å². The fourth-order valence-electron chi connectivity index (χ4n) is 3.51. The van der Waals surface area contributed by atoms with Gasteiger partial charge in [-0.25, -0.2) is 4.79 Å². The van der Waals surface area contributed by atoms with Gasteiger partial charge in [-0.2, -0.15) is 5.10 Å². The van der Waals surface area contributed by atoms with Crippen LogP contribution in [-0.2, 0) is 29.4 Å². The van der Waals surface area contributed by atoms with Crippen LogP contribution in [0.25, 0.3) is 6.08 Å². The number of hydrogen-bond acceptors (Lipinski definition) is 5. The normalized spacial score (nSPS) is 16.2. The minimum Gasteiger partial charge on any atom is -0.462 e.